The van der Waals surface area contributed by atoms with Crippen LogP contribution in [-0.4, -0.2) is 5.71 Å². The van der Waals surface area contributed by atoms with E-state index in [-0.39, 0.29) is 5.41 Å². The van der Waals surface area contributed by atoms with Gasteiger partial charge in [-0.1, -0.05) is 40.2 Å². The van der Waals surface area contributed by atoms with Crippen molar-refractivity contribution < 1.29 is 0 Å². The van der Waals surface area contributed by atoms with Crippen molar-refractivity contribution in [2.24, 2.45) is 4.99 Å². The highest BCUT2D eigenvalue weighted by molar-refractivity contribution is 6.03. The Morgan fingerprint density at radius 1 is 1.11 bits per heavy atom. The monoisotopic (exact) mass is 241 g/mol. The fraction of sp³-hybridized carbons (Fsp3) is 0.471. The maximum absolute atomic E-state index is 4.78. The van der Waals surface area contributed by atoms with Crippen LogP contribution in [0.1, 0.15) is 58.6 Å². The molecule has 2 bridgehead atoms. The van der Waals surface area contributed by atoms with Crippen LogP contribution in [0.25, 0.3) is 5.57 Å². The van der Waals surface area contributed by atoms with E-state index in [0.29, 0.717) is 0 Å². The van der Waals surface area contributed by atoms with E-state index in [1.165, 1.54) is 22.4 Å². The first kappa shape index (κ1) is 13.1. The van der Waals surface area contributed by atoms with Crippen LogP contribution in [0.4, 0.5) is 5.69 Å². The Labute approximate surface area is 111 Å². The molecule has 0 fully saturated rings. The average molecular weight is 241 g/mol. The van der Waals surface area contributed by atoms with Crippen molar-refractivity contribution in [1.29, 1.82) is 0 Å². The van der Waals surface area contributed by atoms with Gasteiger partial charge in [0.15, 0.2) is 0 Å². The van der Waals surface area contributed by atoms with Gasteiger partial charge in [-0.3, -0.25) is 4.99 Å². The minimum absolute atomic E-state index is 0.176. The minimum Gasteiger partial charge on any atom is -0.253 e. The number of allylic oxidation sites excluding steroid dienone is 2. The maximum Gasteiger partial charge on any atom is 0.0641 e. The van der Waals surface area contributed by atoms with Gasteiger partial charge in [0.1, 0.15) is 0 Å². The SMILES string of the molecule is CCCC1=Nc2cc(cc(C(C)(C)C)c2)C(C)=C1. The lowest BCUT2D eigenvalue weighted by atomic mass is 9.85. The van der Waals surface area contributed by atoms with Crippen LogP contribution in [0.2, 0.25) is 0 Å². The molecule has 1 aromatic rings. The summed E-state index contributed by atoms with van der Waals surface area (Å²) in [5.41, 5.74) is 6.49. The molecule has 96 valence electrons. The highest BCUT2D eigenvalue weighted by Gasteiger charge is 2.17. The Morgan fingerprint density at radius 3 is 2.44 bits per heavy atom. The summed E-state index contributed by atoms with van der Waals surface area (Å²) in [7, 11) is 0. The number of fused-ring (bicyclic) bond motifs is 2. The smallest absolute Gasteiger partial charge is 0.0641 e. The topological polar surface area (TPSA) is 12.4 Å². The number of aliphatic imine (C=N–C) groups is 1. The molecular formula is C17H23N. The zero-order valence-electron chi connectivity index (χ0n) is 12.2. The van der Waals surface area contributed by atoms with Gasteiger partial charge in [0.2, 0.25) is 0 Å². The molecule has 1 heteroatoms. The van der Waals surface area contributed by atoms with E-state index >= 15 is 0 Å². The number of benzene rings is 1. The molecule has 0 unspecified atom stereocenters. The molecular weight excluding hydrogens is 218 g/mol. The first-order chi connectivity index (χ1) is 8.40. The summed E-state index contributed by atoms with van der Waals surface area (Å²) in [6, 6.07) is 6.73. The van der Waals surface area contributed by atoms with Gasteiger partial charge in [0, 0.05) is 5.71 Å². The fourth-order valence-corrected chi connectivity index (χ4v) is 2.25. The lowest BCUT2D eigenvalue weighted by molar-refractivity contribution is 0.590. The van der Waals surface area contributed by atoms with E-state index in [9.17, 15) is 0 Å². The Bertz CT molecular complexity index is 513. The van der Waals surface area contributed by atoms with Crippen LogP contribution in [0.3, 0.4) is 0 Å². The summed E-state index contributed by atoms with van der Waals surface area (Å²) in [6.07, 6.45) is 4.43. The van der Waals surface area contributed by atoms with Crippen molar-refractivity contribution in [3.8, 4) is 0 Å². The molecule has 1 aliphatic rings. The van der Waals surface area contributed by atoms with Crippen LogP contribution in [0.15, 0.2) is 29.3 Å². The van der Waals surface area contributed by atoms with E-state index in [2.05, 4.69) is 58.9 Å². The maximum atomic E-state index is 4.78. The van der Waals surface area contributed by atoms with E-state index < -0.39 is 0 Å². The quantitative estimate of drug-likeness (QED) is 0.668. The second-order valence-electron chi connectivity index (χ2n) is 6.20. The van der Waals surface area contributed by atoms with Gasteiger partial charge in [-0.25, -0.2) is 0 Å². The summed E-state index contributed by atoms with van der Waals surface area (Å²) in [5.74, 6) is 0. The third-order valence-electron chi connectivity index (χ3n) is 3.40. The van der Waals surface area contributed by atoms with E-state index in [1.807, 2.05) is 0 Å². The van der Waals surface area contributed by atoms with Crippen molar-refractivity contribution in [2.75, 3.05) is 0 Å². The molecule has 0 N–H and O–H groups in total. The van der Waals surface area contributed by atoms with Crippen LogP contribution in [-0.2, 0) is 5.41 Å². The summed E-state index contributed by atoms with van der Waals surface area (Å²) < 4.78 is 0. The average Bonchev–Trinajstić information content (AvgIpc) is 2.36. The number of rotatable bonds is 2. The van der Waals surface area contributed by atoms with Crippen molar-refractivity contribution in [1.82, 2.24) is 0 Å². The van der Waals surface area contributed by atoms with Gasteiger partial charge in [0.25, 0.3) is 0 Å². The number of hydrogen-bond acceptors (Lipinski definition) is 1. The molecule has 0 spiro atoms. The first-order valence-corrected chi connectivity index (χ1v) is 6.82. The molecule has 1 aliphatic heterocycles. The van der Waals surface area contributed by atoms with E-state index in [1.54, 1.807) is 0 Å². The predicted molar refractivity (Wildman–Crippen MR) is 80.8 cm³/mol. The molecule has 1 nitrogen and oxygen atoms in total. The number of nitrogens with zero attached hydrogens (tertiary/aromatic N) is 1. The van der Waals surface area contributed by atoms with Gasteiger partial charge < -0.3 is 0 Å². The lowest BCUT2D eigenvalue weighted by Crippen LogP contribution is -2.11. The van der Waals surface area contributed by atoms with Crippen LogP contribution in [0, 0.1) is 0 Å². The first-order valence-electron chi connectivity index (χ1n) is 6.82. The zero-order valence-corrected chi connectivity index (χ0v) is 12.2. The molecule has 1 heterocycles. The third kappa shape index (κ3) is 2.72. The van der Waals surface area contributed by atoms with Crippen LogP contribution in [0.5, 0.6) is 0 Å². The standard InChI is InChI=1S/C17H23N/c1-6-7-15-8-12(2)13-9-14(17(3,4)5)11-16(10-13)18-15/h8-11H,6-7H2,1-5H3. The van der Waals surface area contributed by atoms with Gasteiger partial charge in [-0.15, -0.1) is 0 Å². The molecule has 0 aromatic heterocycles. The Balaban J connectivity index is 2.53. The molecule has 0 amide bonds. The number of hydrogen-bond donors (Lipinski definition) is 0. The normalized spacial score (nSPS) is 14.9. The van der Waals surface area contributed by atoms with Gasteiger partial charge >= 0.3 is 0 Å². The van der Waals surface area contributed by atoms with Crippen molar-refractivity contribution in [3.05, 3.63) is 35.4 Å². The van der Waals surface area contributed by atoms with Crippen LogP contribution < -0.4 is 0 Å². The molecule has 0 atom stereocenters. The molecule has 0 saturated heterocycles. The molecule has 0 saturated carbocycles. The predicted octanol–water partition coefficient (Wildman–Crippen LogP) is 5.27. The molecule has 1 aromatic carbocycles. The van der Waals surface area contributed by atoms with Crippen LogP contribution >= 0.6 is 0 Å². The van der Waals surface area contributed by atoms with Gasteiger partial charge in [-0.05, 0) is 53.7 Å². The third-order valence-corrected chi connectivity index (χ3v) is 3.40. The van der Waals surface area contributed by atoms with Crippen molar-refractivity contribution in [2.45, 2.75) is 52.9 Å². The van der Waals surface area contributed by atoms with E-state index in [0.717, 1.165) is 18.5 Å². The highest BCUT2D eigenvalue weighted by Crippen LogP contribution is 2.32. The van der Waals surface area contributed by atoms with Gasteiger partial charge in [-0.2, -0.15) is 0 Å². The molecule has 0 radical (unpaired) electrons. The summed E-state index contributed by atoms with van der Waals surface area (Å²) >= 11 is 0. The summed E-state index contributed by atoms with van der Waals surface area (Å²) in [4.78, 5) is 4.78. The van der Waals surface area contributed by atoms with E-state index in [4.69, 9.17) is 4.99 Å². The molecule has 0 aliphatic carbocycles. The van der Waals surface area contributed by atoms with Crippen molar-refractivity contribution in [3.63, 3.8) is 0 Å². The Kier molecular flexibility index (Phi) is 3.43. The second kappa shape index (κ2) is 4.72. The Hall–Kier alpha value is -1.37. The minimum atomic E-state index is 0.176. The summed E-state index contributed by atoms with van der Waals surface area (Å²) in [6.45, 7) is 11.1. The largest absolute Gasteiger partial charge is 0.253 e. The highest BCUT2D eigenvalue weighted by atomic mass is 14.7. The molecule has 2 rings (SSSR count). The zero-order chi connectivity index (χ0) is 13.3. The van der Waals surface area contributed by atoms with Gasteiger partial charge in [0.05, 0.1) is 5.69 Å². The van der Waals surface area contributed by atoms with Crippen molar-refractivity contribution >= 4 is 17.0 Å². The summed E-state index contributed by atoms with van der Waals surface area (Å²) in [5, 5.41) is 0. The second-order valence-corrected chi connectivity index (χ2v) is 6.20. The Morgan fingerprint density at radius 2 is 1.83 bits per heavy atom. The lowest BCUT2D eigenvalue weighted by Gasteiger charge is -2.20. The molecule has 18 heavy (non-hydrogen) atoms. The fourth-order valence-electron chi connectivity index (χ4n) is 2.25.